The van der Waals surface area contributed by atoms with E-state index < -0.39 is 10.0 Å². The average molecular weight is 367 g/mol. The highest BCUT2D eigenvalue weighted by Gasteiger charge is 2.29. The van der Waals surface area contributed by atoms with Gasteiger partial charge in [0.05, 0.1) is 17.7 Å². The summed E-state index contributed by atoms with van der Waals surface area (Å²) in [7, 11) is -3.63. The Morgan fingerprint density at radius 1 is 0.923 bits per heavy atom. The van der Waals surface area contributed by atoms with E-state index in [-0.39, 0.29) is 17.2 Å². The summed E-state index contributed by atoms with van der Waals surface area (Å²) in [6.07, 6.45) is 2.22. The van der Waals surface area contributed by atoms with Crippen molar-refractivity contribution in [1.82, 2.24) is 4.31 Å². The van der Waals surface area contributed by atoms with Gasteiger partial charge in [-0.25, -0.2) is 8.42 Å². The highest BCUT2D eigenvalue weighted by atomic mass is 32.2. The van der Waals surface area contributed by atoms with Crippen LogP contribution in [0.1, 0.15) is 27.2 Å². The Morgan fingerprint density at radius 2 is 1.62 bits per heavy atom. The number of hydrogen-bond donors (Lipinski definition) is 0. The van der Waals surface area contributed by atoms with Gasteiger partial charge in [0.1, 0.15) is 5.76 Å². The van der Waals surface area contributed by atoms with Gasteiger partial charge < -0.3 is 4.42 Å². The predicted molar refractivity (Wildman–Crippen MR) is 96.3 cm³/mol. The molecule has 0 atom stereocenters. The molecular formula is C20H17NO4S. The first-order chi connectivity index (χ1) is 12.6. The molecule has 4 rings (SSSR count). The molecule has 26 heavy (non-hydrogen) atoms. The lowest BCUT2D eigenvalue weighted by atomic mass is 10.0. The van der Waals surface area contributed by atoms with Gasteiger partial charge in [-0.05, 0) is 42.3 Å². The fourth-order valence-electron chi connectivity index (χ4n) is 3.10. The Morgan fingerprint density at radius 3 is 2.35 bits per heavy atom. The SMILES string of the molecule is O=C(c1ccccc1)c1ccc(S(=O)(=O)N2CCc3ccoc3C2)cc1. The van der Waals surface area contributed by atoms with Crippen molar-refractivity contribution in [1.29, 1.82) is 0 Å². The maximum absolute atomic E-state index is 12.9. The summed E-state index contributed by atoms with van der Waals surface area (Å²) < 4.78 is 32.5. The average Bonchev–Trinajstić information content (AvgIpc) is 3.16. The van der Waals surface area contributed by atoms with E-state index in [2.05, 4.69) is 0 Å². The molecule has 0 radical (unpaired) electrons. The number of furan rings is 1. The molecule has 6 heteroatoms. The van der Waals surface area contributed by atoms with E-state index in [1.54, 1.807) is 42.7 Å². The molecule has 0 fully saturated rings. The number of fused-ring (bicyclic) bond motifs is 1. The lowest BCUT2D eigenvalue weighted by Gasteiger charge is -2.25. The van der Waals surface area contributed by atoms with Gasteiger partial charge in [0.25, 0.3) is 0 Å². The molecule has 5 nitrogen and oxygen atoms in total. The summed E-state index contributed by atoms with van der Waals surface area (Å²) in [4.78, 5) is 12.6. The smallest absolute Gasteiger partial charge is 0.243 e. The zero-order chi connectivity index (χ0) is 18.1. The zero-order valence-corrected chi connectivity index (χ0v) is 14.8. The Bertz CT molecular complexity index is 1040. The quantitative estimate of drug-likeness (QED) is 0.664. The minimum atomic E-state index is -3.63. The number of sulfonamides is 1. The van der Waals surface area contributed by atoms with Crippen molar-refractivity contribution in [3.63, 3.8) is 0 Å². The van der Waals surface area contributed by atoms with Crippen LogP contribution in [-0.4, -0.2) is 25.1 Å². The molecule has 0 spiro atoms. The normalized spacial score (nSPS) is 14.8. The maximum Gasteiger partial charge on any atom is 0.243 e. The fraction of sp³-hybridized carbons (Fsp3) is 0.150. The van der Waals surface area contributed by atoms with Gasteiger partial charge in [-0.2, -0.15) is 4.31 Å². The number of rotatable bonds is 4. The van der Waals surface area contributed by atoms with Crippen LogP contribution < -0.4 is 0 Å². The Labute approximate surface area is 151 Å². The third-order valence-corrected chi connectivity index (χ3v) is 6.44. The highest BCUT2D eigenvalue weighted by molar-refractivity contribution is 7.89. The number of ketones is 1. The van der Waals surface area contributed by atoms with Crippen LogP contribution in [0.15, 0.2) is 76.2 Å². The summed E-state index contributed by atoms with van der Waals surface area (Å²) in [6, 6.07) is 16.9. The fourth-order valence-corrected chi connectivity index (χ4v) is 4.50. The Hall–Kier alpha value is -2.70. The predicted octanol–water partition coefficient (Wildman–Crippen LogP) is 3.26. The van der Waals surface area contributed by atoms with E-state index in [1.165, 1.54) is 16.4 Å². The lowest BCUT2D eigenvalue weighted by Crippen LogP contribution is -2.35. The van der Waals surface area contributed by atoms with Gasteiger partial charge in [-0.1, -0.05) is 30.3 Å². The van der Waals surface area contributed by atoms with Gasteiger partial charge in [-0.3, -0.25) is 4.79 Å². The van der Waals surface area contributed by atoms with Crippen molar-refractivity contribution >= 4 is 15.8 Å². The van der Waals surface area contributed by atoms with Crippen molar-refractivity contribution in [2.45, 2.75) is 17.9 Å². The summed E-state index contributed by atoms with van der Waals surface area (Å²) in [5, 5.41) is 0. The van der Waals surface area contributed by atoms with E-state index in [4.69, 9.17) is 4.42 Å². The zero-order valence-electron chi connectivity index (χ0n) is 14.0. The third-order valence-electron chi connectivity index (χ3n) is 4.58. The van der Waals surface area contributed by atoms with Crippen molar-refractivity contribution in [2.75, 3.05) is 6.54 Å². The Balaban J connectivity index is 1.57. The third kappa shape index (κ3) is 2.98. The number of carbonyl (C=O) groups is 1. The topological polar surface area (TPSA) is 67.6 Å². The molecule has 0 amide bonds. The molecule has 132 valence electrons. The van der Waals surface area contributed by atoms with Crippen LogP contribution in [0.2, 0.25) is 0 Å². The van der Waals surface area contributed by atoms with Crippen LogP contribution in [0, 0.1) is 0 Å². The summed E-state index contributed by atoms with van der Waals surface area (Å²) in [6.45, 7) is 0.648. The highest BCUT2D eigenvalue weighted by Crippen LogP contribution is 2.26. The summed E-state index contributed by atoms with van der Waals surface area (Å²) >= 11 is 0. The Kier molecular flexibility index (Phi) is 4.22. The van der Waals surface area contributed by atoms with Crippen LogP contribution in [-0.2, 0) is 23.0 Å². The molecule has 1 aromatic heterocycles. The van der Waals surface area contributed by atoms with Crippen molar-refractivity contribution in [3.8, 4) is 0 Å². The maximum atomic E-state index is 12.9. The van der Waals surface area contributed by atoms with Gasteiger partial charge in [-0.15, -0.1) is 0 Å². The van der Waals surface area contributed by atoms with Crippen LogP contribution >= 0.6 is 0 Å². The molecular weight excluding hydrogens is 350 g/mol. The van der Waals surface area contributed by atoms with E-state index in [1.807, 2.05) is 12.1 Å². The van der Waals surface area contributed by atoms with E-state index >= 15 is 0 Å². The molecule has 0 bridgehead atoms. The lowest BCUT2D eigenvalue weighted by molar-refractivity contribution is 0.103. The molecule has 1 aliphatic heterocycles. The minimum absolute atomic E-state index is 0.132. The second-order valence-electron chi connectivity index (χ2n) is 6.18. The molecule has 0 saturated heterocycles. The molecule has 0 N–H and O–H groups in total. The largest absolute Gasteiger partial charge is 0.468 e. The second-order valence-corrected chi connectivity index (χ2v) is 8.12. The first-order valence-corrected chi connectivity index (χ1v) is 9.75. The summed E-state index contributed by atoms with van der Waals surface area (Å²) in [5.41, 5.74) is 2.09. The van der Waals surface area contributed by atoms with Crippen LogP contribution in [0.3, 0.4) is 0 Å². The second kappa shape index (κ2) is 6.55. The first kappa shape index (κ1) is 16.8. The molecule has 0 unspecified atom stereocenters. The van der Waals surface area contributed by atoms with Gasteiger partial charge in [0, 0.05) is 17.7 Å². The number of hydrogen-bond acceptors (Lipinski definition) is 4. The monoisotopic (exact) mass is 367 g/mol. The number of carbonyl (C=O) groups excluding carboxylic acids is 1. The molecule has 2 aromatic carbocycles. The van der Waals surface area contributed by atoms with Crippen molar-refractivity contribution < 1.29 is 17.6 Å². The molecule has 0 saturated carbocycles. The van der Waals surface area contributed by atoms with Gasteiger partial charge >= 0.3 is 0 Å². The summed E-state index contributed by atoms with van der Waals surface area (Å²) in [5.74, 6) is 0.559. The molecule has 3 aromatic rings. The van der Waals surface area contributed by atoms with Gasteiger partial charge in [0.15, 0.2) is 5.78 Å². The standard InChI is InChI=1S/C20H17NO4S/c22-20(16-4-2-1-3-5-16)17-6-8-18(9-7-17)26(23,24)21-12-10-15-11-13-25-19(15)14-21/h1-9,11,13H,10,12,14H2. The van der Waals surface area contributed by atoms with Crippen LogP contribution in [0.5, 0.6) is 0 Å². The van der Waals surface area contributed by atoms with E-state index in [9.17, 15) is 13.2 Å². The number of nitrogens with zero attached hydrogens (tertiary/aromatic N) is 1. The van der Waals surface area contributed by atoms with Crippen molar-refractivity contribution in [2.24, 2.45) is 0 Å². The molecule has 0 aliphatic carbocycles. The van der Waals surface area contributed by atoms with E-state index in [0.29, 0.717) is 29.9 Å². The van der Waals surface area contributed by atoms with Crippen LogP contribution in [0.4, 0.5) is 0 Å². The molecule has 1 aliphatic rings. The van der Waals surface area contributed by atoms with Crippen molar-refractivity contribution in [3.05, 3.63) is 89.4 Å². The first-order valence-electron chi connectivity index (χ1n) is 8.31. The van der Waals surface area contributed by atoms with Crippen LogP contribution in [0.25, 0.3) is 0 Å². The molecule has 2 heterocycles. The van der Waals surface area contributed by atoms with E-state index in [0.717, 1.165) is 5.56 Å². The number of benzene rings is 2. The van der Waals surface area contributed by atoms with Gasteiger partial charge in [0.2, 0.25) is 10.0 Å². The minimum Gasteiger partial charge on any atom is -0.468 e.